The van der Waals surface area contributed by atoms with Gasteiger partial charge in [-0.3, -0.25) is 0 Å². The van der Waals surface area contributed by atoms with Crippen molar-refractivity contribution in [2.24, 2.45) is 0 Å². The molecule has 0 unspecified atom stereocenters. The van der Waals surface area contributed by atoms with Crippen LogP contribution in [0.25, 0.3) is 10.9 Å². The minimum absolute atomic E-state index is 0.185. The van der Waals surface area contributed by atoms with Gasteiger partial charge in [0.2, 0.25) is 0 Å². The van der Waals surface area contributed by atoms with Crippen LogP contribution in [-0.4, -0.2) is 4.98 Å². The number of aromatic nitrogens is 1. The molecule has 0 bridgehead atoms. The quantitative estimate of drug-likeness (QED) is 0.635. The Morgan fingerprint density at radius 2 is 1.85 bits per heavy atom. The summed E-state index contributed by atoms with van der Waals surface area (Å²) >= 11 is 0. The number of aromatic amines is 1. The Labute approximate surface area is 77.6 Å². The predicted octanol–water partition coefficient (Wildman–Crippen LogP) is 3.64. The Morgan fingerprint density at radius 3 is 2.46 bits per heavy atom. The highest BCUT2D eigenvalue weighted by Gasteiger charge is 2.01. The van der Waals surface area contributed by atoms with Gasteiger partial charge in [0, 0.05) is 11.6 Å². The summed E-state index contributed by atoms with van der Waals surface area (Å²) < 4.78 is 13.0. The van der Waals surface area contributed by atoms with Crippen LogP contribution in [0.3, 0.4) is 0 Å². The molecule has 2 aromatic rings. The maximum absolute atomic E-state index is 13.0. The van der Waals surface area contributed by atoms with Crippen LogP contribution in [-0.2, 0) is 0 Å². The Bertz CT molecular complexity index is 354. The molecule has 1 nitrogen and oxygen atoms in total. The number of H-pyrrole nitrogens is 1. The van der Waals surface area contributed by atoms with Gasteiger partial charge in [0.05, 0.1) is 5.52 Å². The Hall–Kier alpha value is -1.31. The monoisotopic (exact) mass is 179 g/mol. The smallest absolute Gasteiger partial charge is 0.147 e. The lowest BCUT2D eigenvalue weighted by Crippen LogP contribution is -1.79. The first-order chi connectivity index (χ1) is 6.29. The largest absolute Gasteiger partial charge is 0.359 e. The minimum atomic E-state index is -0.185. The molecule has 70 valence electrons. The molecule has 0 amide bonds. The van der Waals surface area contributed by atoms with Crippen molar-refractivity contribution in [2.45, 2.75) is 20.8 Å². The molecule has 2 heteroatoms. The fourth-order valence-corrected chi connectivity index (χ4v) is 1.27. The predicted molar refractivity (Wildman–Crippen MR) is 54.3 cm³/mol. The molecule has 0 atom stereocenters. The van der Waals surface area contributed by atoms with E-state index in [0.717, 1.165) is 10.9 Å². The van der Waals surface area contributed by atoms with E-state index in [1.807, 2.05) is 26.8 Å². The van der Waals surface area contributed by atoms with Gasteiger partial charge in [-0.05, 0) is 24.6 Å². The molecular formula is C11H14FN. The third-order valence-corrected chi connectivity index (χ3v) is 1.89. The van der Waals surface area contributed by atoms with Crippen molar-refractivity contribution in [3.8, 4) is 0 Å². The summed E-state index contributed by atoms with van der Waals surface area (Å²) in [7, 11) is 0. The first-order valence-electron chi connectivity index (χ1n) is 4.51. The first kappa shape index (κ1) is 9.78. The lowest BCUT2D eigenvalue weighted by Gasteiger charge is -1.95. The van der Waals surface area contributed by atoms with Crippen LogP contribution >= 0.6 is 0 Å². The third kappa shape index (κ3) is 1.72. The van der Waals surface area contributed by atoms with Gasteiger partial charge in [-0.15, -0.1) is 0 Å². The van der Waals surface area contributed by atoms with Crippen molar-refractivity contribution in [1.29, 1.82) is 0 Å². The van der Waals surface area contributed by atoms with Gasteiger partial charge in [-0.2, -0.15) is 0 Å². The second-order valence-electron chi connectivity index (χ2n) is 2.63. The van der Waals surface area contributed by atoms with Crippen molar-refractivity contribution in [1.82, 2.24) is 4.98 Å². The van der Waals surface area contributed by atoms with Crippen molar-refractivity contribution < 1.29 is 4.39 Å². The number of hydrogen-bond donors (Lipinski definition) is 1. The molecule has 0 aliphatic rings. The van der Waals surface area contributed by atoms with Crippen molar-refractivity contribution >= 4 is 10.9 Å². The number of fused-ring (bicyclic) bond motifs is 1. The van der Waals surface area contributed by atoms with E-state index < -0.39 is 0 Å². The van der Waals surface area contributed by atoms with Gasteiger partial charge < -0.3 is 4.98 Å². The van der Waals surface area contributed by atoms with Crippen LogP contribution < -0.4 is 0 Å². The molecule has 0 fully saturated rings. The molecule has 0 aliphatic carbocycles. The van der Waals surface area contributed by atoms with E-state index >= 15 is 0 Å². The van der Waals surface area contributed by atoms with Crippen LogP contribution in [0.4, 0.5) is 4.39 Å². The van der Waals surface area contributed by atoms with Gasteiger partial charge in [0.15, 0.2) is 0 Å². The summed E-state index contributed by atoms with van der Waals surface area (Å²) in [4.78, 5) is 2.85. The van der Waals surface area contributed by atoms with E-state index in [4.69, 9.17) is 0 Å². The van der Waals surface area contributed by atoms with Gasteiger partial charge in [0.25, 0.3) is 0 Å². The standard InChI is InChI=1S/C9H8FN.C2H6/c1-6-2-3-8(10)9-7(6)4-5-11-9;1-2/h2-5,11H,1H3;1-2H3. The van der Waals surface area contributed by atoms with Crippen LogP contribution in [0, 0.1) is 12.7 Å². The molecule has 0 saturated carbocycles. The minimum Gasteiger partial charge on any atom is -0.359 e. The topological polar surface area (TPSA) is 15.8 Å². The van der Waals surface area contributed by atoms with Crippen LogP contribution in [0.1, 0.15) is 19.4 Å². The van der Waals surface area contributed by atoms with E-state index in [9.17, 15) is 4.39 Å². The average molecular weight is 179 g/mol. The summed E-state index contributed by atoms with van der Waals surface area (Å²) in [5.41, 5.74) is 1.70. The number of hydrogen-bond acceptors (Lipinski definition) is 0. The number of rotatable bonds is 0. The summed E-state index contributed by atoms with van der Waals surface area (Å²) in [6, 6.07) is 5.15. The lowest BCUT2D eigenvalue weighted by atomic mass is 10.1. The molecule has 1 N–H and O–H groups in total. The number of aryl methyl sites for hydroxylation is 1. The molecule has 0 spiro atoms. The summed E-state index contributed by atoms with van der Waals surface area (Å²) in [5, 5.41) is 0.963. The summed E-state index contributed by atoms with van der Waals surface area (Å²) in [6.45, 7) is 5.97. The molecule has 13 heavy (non-hydrogen) atoms. The van der Waals surface area contributed by atoms with E-state index in [0.29, 0.717) is 5.52 Å². The SMILES string of the molecule is CC.Cc1ccc(F)c2[nH]ccc12. The summed E-state index contributed by atoms with van der Waals surface area (Å²) in [6.07, 6.45) is 1.75. The van der Waals surface area contributed by atoms with Crippen LogP contribution in [0.5, 0.6) is 0 Å². The van der Waals surface area contributed by atoms with Crippen molar-refractivity contribution in [2.75, 3.05) is 0 Å². The Morgan fingerprint density at radius 1 is 1.15 bits per heavy atom. The van der Waals surface area contributed by atoms with Crippen LogP contribution in [0.2, 0.25) is 0 Å². The van der Waals surface area contributed by atoms with E-state index in [-0.39, 0.29) is 5.82 Å². The fourth-order valence-electron chi connectivity index (χ4n) is 1.27. The highest BCUT2D eigenvalue weighted by molar-refractivity contribution is 5.83. The summed E-state index contributed by atoms with van der Waals surface area (Å²) in [5.74, 6) is -0.185. The Balaban J connectivity index is 0.000000396. The number of halogens is 1. The highest BCUT2D eigenvalue weighted by atomic mass is 19.1. The molecular weight excluding hydrogens is 165 g/mol. The Kier molecular flexibility index (Phi) is 3.07. The first-order valence-corrected chi connectivity index (χ1v) is 4.51. The van der Waals surface area contributed by atoms with E-state index in [1.165, 1.54) is 6.07 Å². The zero-order chi connectivity index (χ0) is 9.84. The van der Waals surface area contributed by atoms with Crippen molar-refractivity contribution in [3.05, 3.63) is 35.8 Å². The van der Waals surface area contributed by atoms with Gasteiger partial charge in [-0.25, -0.2) is 4.39 Å². The second-order valence-corrected chi connectivity index (χ2v) is 2.63. The van der Waals surface area contributed by atoms with Crippen LogP contribution in [0.15, 0.2) is 24.4 Å². The number of nitrogens with one attached hydrogen (secondary N) is 1. The average Bonchev–Trinajstić information content (AvgIpc) is 2.64. The zero-order valence-corrected chi connectivity index (χ0v) is 8.19. The van der Waals surface area contributed by atoms with E-state index in [2.05, 4.69) is 4.98 Å². The molecule has 2 rings (SSSR count). The fraction of sp³-hybridized carbons (Fsp3) is 0.273. The normalized spacial score (nSPS) is 9.54. The van der Waals surface area contributed by atoms with Crippen molar-refractivity contribution in [3.63, 3.8) is 0 Å². The maximum Gasteiger partial charge on any atom is 0.147 e. The van der Waals surface area contributed by atoms with Gasteiger partial charge >= 0.3 is 0 Å². The molecule has 0 saturated heterocycles. The molecule has 1 aromatic heterocycles. The lowest BCUT2D eigenvalue weighted by molar-refractivity contribution is 0.637. The van der Waals surface area contributed by atoms with Gasteiger partial charge in [0.1, 0.15) is 5.82 Å². The number of benzene rings is 1. The molecule has 1 aromatic carbocycles. The maximum atomic E-state index is 13.0. The molecule has 0 aliphatic heterocycles. The zero-order valence-electron chi connectivity index (χ0n) is 8.19. The van der Waals surface area contributed by atoms with E-state index in [1.54, 1.807) is 12.3 Å². The third-order valence-electron chi connectivity index (χ3n) is 1.89. The molecule has 0 radical (unpaired) electrons. The highest BCUT2D eigenvalue weighted by Crippen LogP contribution is 2.19. The molecule has 1 heterocycles. The second kappa shape index (κ2) is 4.08. The van der Waals surface area contributed by atoms with Gasteiger partial charge in [-0.1, -0.05) is 19.9 Å².